The van der Waals surface area contributed by atoms with Crippen LogP contribution in [-0.2, 0) is 14.8 Å². The minimum atomic E-state index is -3.90. The summed E-state index contributed by atoms with van der Waals surface area (Å²) in [4.78, 5) is 14.8. The number of aliphatic carboxylic acids is 1. The molecule has 1 heterocycles. The molecule has 1 aromatic heterocycles. The van der Waals surface area contributed by atoms with Gasteiger partial charge in [0.2, 0.25) is 0 Å². The van der Waals surface area contributed by atoms with Crippen LogP contribution in [0.2, 0.25) is 0 Å². The molecule has 0 radical (unpaired) electrons. The molecule has 108 valence electrons. The van der Waals surface area contributed by atoms with Gasteiger partial charge in [-0.1, -0.05) is 13.3 Å². The maximum atomic E-state index is 12.0. The molecule has 0 spiro atoms. The standard InChI is InChI=1S/C11H19N3O4S/c1-4-5-9(11(15)16)13-19(17,18)10-6-14(7-12-10)8(2)3/h6-9,13H,4-5H2,1-3H3,(H,15,16). The summed E-state index contributed by atoms with van der Waals surface area (Å²) < 4.78 is 27.8. The molecule has 0 bridgehead atoms. The third-order valence-electron chi connectivity index (χ3n) is 2.62. The number of aromatic nitrogens is 2. The number of hydrogen-bond donors (Lipinski definition) is 2. The molecule has 0 fully saturated rings. The van der Waals surface area contributed by atoms with Crippen molar-refractivity contribution < 1.29 is 18.3 Å². The zero-order chi connectivity index (χ0) is 14.6. The van der Waals surface area contributed by atoms with Crippen molar-refractivity contribution in [3.63, 3.8) is 0 Å². The van der Waals surface area contributed by atoms with Crippen molar-refractivity contribution in [3.8, 4) is 0 Å². The van der Waals surface area contributed by atoms with Crippen molar-refractivity contribution in [2.24, 2.45) is 0 Å². The summed E-state index contributed by atoms with van der Waals surface area (Å²) in [5.74, 6) is -1.19. The molecule has 8 heteroatoms. The lowest BCUT2D eigenvalue weighted by atomic mass is 10.2. The van der Waals surface area contributed by atoms with E-state index in [4.69, 9.17) is 5.11 Å². The Morgan fingerprint density at radius 2 is 2.16 bits per heavy atom. The van der Waals surface area contributed by atoms with E-state index >= 15 is 0 Å². The van der Waals surface area contributed by atoms with Crippen LogP contribution >= 0.6 is 0 Å². The first-order chi connectivity index (χ1) is 8.77. The summed E-state index contributed by atoms with van der Waals surface area (Å²) in [6.45, 7) is 5.57. The number of imidazole rings is 1. The maximum Gasteiger partial charge on any atom is 0.321 e. The van der Waals surface area contributed by atoms with Crippen LogP contribution in [0, 0.1) is 0 Å². The van der Waals surface area contributed by atoms with E-state index in [1.807, 2.05) is 13.8 Å². The van der Waals surface area contributed by atoms with Gasteiger partial charge in [-0.15, -0.1) is 0 Å². The molecule has 1 rings (SSSR count). The van der Waals surface area contributed by atoms with Gasteiger partial charge in [0.1, 0.15) is 6.04 Å². The molecule has 1 aromatic rings. The Balaban J connectivity index is 2.93. The van der Waals surface area contributed by atoms with Crippen molar-refractivity contribution in [1.82, 2.24) is 14.3 Å². The summed E-state index contributed by atoms with van der Waals surface area (Å²) in [6, 6.07) is -1.04. The molecule has 0 saturated carbocycles. The SMILES string of the molecule is CCCC(NS(=O)(=O)c1cn(C(C)C)cn1)C(=O)O. The number of hydrogen-bond acceptors (Lipinski definition) is 4. The summed E-state index contributed by atoms with van der Waals surface area (Å²) in [5.41, 5.74) is 0. The Kier molecular flexibility index (Phi) is 5.07. The van der Waals surface area contributed by atoms with E-state index in [-0.39, 0.29) is 17.5 Å². The number of carbonyl (C=O) groups is 1. The Labute approximate surface area is 112 Å². The number of carboxylic acid groups (broad SMARTS) is 1. The molecule has 19 heavy (non-hydrogen) atoms. The van der Waals surface area contributed by atoms with Crippen LogP contribution in [0.4, 0.5) is 0 Å². The van der Waals surface area contributed by atoms with E-state index in [1.54, 1.807) is 11.5 Å². The monoisotopic (exact) mass is 289 g/mol. The van der Waals surface area contributed by atoms with E-state index in [0.717, 1.165) is 0 Å². The first-order valence-electron chi connectivity index (χ1n) is 6.06. The summed E-state index contributed by atoms with van der Waals surface area (Å²) in [5, 5.41) is 8.79. The van der Waals surface area contributed by atoms with Crippen molar-refractivity contribution in [3.05, 3.63) is 12.5 Å². The van der Waals surface area contributed by atoms with Gasteiger partial charge in [-0.25, -0.2) is 13.4 Å². The molecular weight excluding hydrogens is 270 g/mol. The minimum absolute atomic E-state index is 0.0855. The van der Waals surface area contributed by atoms with Crippen LogP contribution < -0.4 is 4.72 Å². The molecule has 0 aromatic carbocycles. The van der Waals surface area contributed by atoms with Crippen molar-refractivity contribution >= 4 is 16.0 Å². The molecule has 0 aliphatic heterocycles. The van der Waals surface area contributed by atoms with Gasteiger partial charge in [0.15, 0.2) is 5.03 Å². The second-order valence-electron chi connectivity index (χ2n) is 4.55. The van der Waals surface area contributed by atoms with Crippen LogP contribution in [0.15, 0.2) is 17.6 Å². The fourth-order valence-electron chi connectivity index (χ4n) is 1.51. The highest BCUT2D eigenvalue weighted by molar-refractivity contribution is 7.89. The van der Waals surface area contributed by atoms with Crippen molar-refractivity contribution in [2.45, 2.75) is 50.7 Å². The van der Waals surface area contributed by atoms with Crippen LogP contribution in [0.25, 0.3) is 0 Å². The topological polar surface area (TPSA) is 101 Å². The van der Waals surface area contributed by atoms with Gasteiger partial charge in [0.05, 0.1) is 6.33 Å². The predicted molar refractivity (Wildman–Crippen MR) is 69.3 cm³/mol. The summed E-state index contributed by atoms with van der Waals surface area (Å²) >= 11 is 0. The van der Waals surface area contributed by atoms with Gasteiger partial charge in [0.25, 0.3) is 10.0 Å². The maximum absolute atomic E-state index is 12.0. The molecule has 2 N–H and O–H groups in total. The molecule has 0 aliphatic rings. The number of sulfonamides is 1. The largest absolute Gasteiger partial charge is 0.480 e. The number of nitrogens with zero attached hydrogens (tertiary/aromatic N) is 2. The molecule has 7 nitrogen and oxygen atoms in total. The minimum Gasteiger partial charge on any atom is -0.480 e. The van der Waals surface area contributed by atoms with Gasteiger partial charge >= 0.3 is 5.97 Å². The van der Waals surface area contributed by atoms with Crippen LogP contribution in [0.1, 0.15) is 39.7 Å². The van der Waals surface area contributed by atoms with Gasteiger partial charge in [-0.3, -0.25) is 4.79 Å². The third-order valence-corrected chi connectivity index (χ3v) is 3.98. The van der Waals surface area contributed by atoms with E-state index < -0.39 is 22.0 Å². The number of carboxylic acids is 1. The smallest absolute Gasteiger partial charge is 0.321 e. The summed E-state index contributed by atoms with van der Waals surface area (Å²) in [6.07, 6.45) is 3.60. The van der Waals surface area contributed by atoms with Crippen molar-refractivity contribution in [1.29, 1.82) is 0 Å². The number of nitrogens with one attached hydrogen (secondary N) is 1. The molecule has 0 aliphatic carbocycles. The third kappa shape index (κ3) is 4.03. The lowest BCUT2D eigenvalue weighted by Crippen LogP contribution is -2.40. The fourth-order valence-corrected chi connectivity index (χ4v) is 2.67. The van der Waals surface area contributed by atoms with E-state index in [1.165, 1.54) is 12.5 Å². The highest BCUT2D eigenvalue weighted by Crippen LogP contribution is 2.11. The Morgan fingerprint density at radius 1 is 1.53 bits per heavy atom. The Bertz CT molecular complexity index is 536. The quantitative estimate of drug-likeness (QED) is 0.779. The number of rotatable bonds is 7. The molecule has 0 saturated heterocycles. The molecule has 1 atom stereocenters. The lowest BCUT2D eigenvalue weighted by molar-refractivity contribution is -0.139. The van der Waals surface area contributed by atoms with Gasteiger partial charge in [-0.2, -0.15) is 4.72 Å². The Hall–Kier alpha value is -1.41. The van der Waals surface area contributed by atoms with Crippen molar-refractivity contribution in [2.75, 3.05) is 0 Å². The van der Waals surface area contributed by atoms with E-state index in [9.17, 15) is 13.2 Å². The molecule has 0 amide bonds. The summed E-state index contributed by atoms with van der Waals surface area (Å²) in [7, 11) is -3.90. The first kappa shape index (κ1) is 15.6. The first-order valence-corrected chi connectivity index (χ1v) is 7.54. The molecular formula is C11H19N3O4S. The van der Waals surface area contributed by atoms with E-state index in [0.29, 0.717) is 6.42 Å². The highest BCUT2D eigenvalue weighted by Gasteiger charge is 2.26. The second kappa shape index (κ2) is 6.16. The average Bonchev–Trinajstić information content (AvgIpc) is 2.78. The molecule has 1 unspecified atom stereocenters. The lowest BCUT2D eigenvalue weighted by Gasteiger charge is -2.12. The van der Waals surface area contributed by atoms with Crippen LogP contribution in [0.3, 0.4) is 0 Å². The zero-order valence-corrected chi connectivity index (χ0v) is 12.0. The Morgan fingerprint density at radius 3 is 2.58 bits per heavy atom. The second-order valence-corrected chi connectivity index (χ2v) is 6.21. The van der Waals surface area contributed by atoms with Gasteiger partial charge < -0.3 is 9.67 Å². The van der Waals surface area contributed by atoms with Gasteiger partial charge in [0, 0.05) is 12.2 Å². The normalized spacial score (nSPS) is 13.7. The van der Waals surface area contributed by atoms with Crippen LogP contribution in [0.5, 0.6) is 0 Å². The predicted octanol–water partition coefficient (Wildman–Crippen LogP) is 0.996. The average molecular weight is 289 g/mol. The zero-order valence-electron chi connectivity index (χ0n) is 11.2. The van der Waals surface area contributed by atoms with Gasteiger partial charge in [-0.05, 0) is 20.3 Å². The fraction of sp³-hybridized carbons (Fsp3) is 0.636. The van der Waals surface area contributed by atoms with Crippen LogP contribution in [-0.4, -0.2) is 35.1 Å². The van der Waals surface area contributed by atoms with E-state index in [2.05, 4.69) is 9.71 Å². The highest BCUT2D eigenvalue weighted by atomic mass is 32.2.